The van der Waals surface area contributed by atoms with Gasteiger partial charge in [0.25, 0.3) is 0 Å². The molecule has 0 unspecified atom stereocenters. The van der Waals surface area contributed by atoms with Gasteiger partial charge in [0, 0.05) is 29.3 Å². The molecule has 0 amide bonds. The highest BCUT2D eigenvalue weighted by atomic mass is 32.2. The summed E-state index contributed by atoms with van der Waals surface area (Å²) in [4.78, 5) is 20.8. The predicted molar refractivity (Wildman–Crippen MR) is 128 cm³/mol. The molecule has 8 heteroatoms. The molecule has 2 aromatic carbocycles. The molecule has 0 aliphatic carbocycles. The van der Waals surface area contributed by atoms with E-state index in [1.165, 1.54) is 11.8 Å². The molecule has 0 aliphatic heterocycles. The summed E-state index contributed by atoms with van der Waals surface area (Å²) >= 11 is 1.49. The van der Waals surface area contributed by atoms with Crippen molar-refractivity contribution in [1.29, 1.82) is 0 Å². The van der Waals surface area contributed by atoms with Crippen molar-refractivity contribution in [1.82, 2.24) is 14.5 Å². The number of aliphatic carboxylic acids is 1. The van der Waals surface area contributed by atoms with Gasteiger partial charge in [-0.3, -0.25) is 9.78 Å². The van der Waals surface area contributed by atoms with Crippen molar-refractivity contribution in [2.75, 3.05) is 14.2 Å². The Morgan fingerprint density at radius 2 is 1.48 bits per heavy atom. The standard InChI is InChI=1S/C25H23N3O4S/c1-31-20-7-3-18(4-8-20)23-24(19-5-9-21(32-2)10-6-19)28(15-22(29)30)25(27-23)33-16-17-11-13-26-14-12-17/h3-14H,15-16H2,1-2H3,(H,29,30). The van der Waals surface area contributed by atoms with Crippen LogP contribution in [0.5, 0.6) is 11.5 Å². The fourth-order valence-electron chi connectivity index (χ4n) is 3.44. The number of carboxylic acids is 1. The Kier molecular flexibility index (Phi) is 6.95. The Labute approximate surface area is 196 Å². The summed E-state index contributed by atoms with van der Waals surface area (Å²) in [6.07, 6.45) is 3.48. The lowest BCUT2D eigenvalue weighted by atomic mass is 10.0. The zero-order valence-electron chi connectivity index (χ0n) is 18.3. The molecule has 2 heterocycles. The Balaban J connectivity index is 1.84. The predicted octanol–water partition coefficient (Wildman–Crippen LogP) is 5.01. The van der Waals surface area contributed by atoms with Crippen LogP contribution >= 0.6 is 11.8 Å². The van der Waals surface area contributed by atoms with Gasteiger partial charge in [0.1, 0.15) is 18.0 Å². The molecule has 0 radical (unpaired) electrons. The maximum absolute atomic E-state index is 11.8. The van der Waals surface area contributed by atoms with Gasteiger partial charge in [-0.2, -0.15) is 0 Å². The summed E-state index contributed by atoms with van der Waals surface area (Å²) in [7, 11) is 3.23. The van der Waals surface area contributed by atoms with Crippen LogP contribution in [0.4, 0.5) is 0 Å². The molecular formula is C25H23N3O4S. The number of hydrogen-bond donors (Lipinski definition) is 1. The van der Waals surface area contributed by atoms with Crippen molar-refractivity contribution in [2.45, 2.75) is 17.5 Å². The second-order valence-corrected chi connectivity index (χ2v) is 8.12. The van der Waals surface area contributed by atoms with Gasteiger partial charge in [-0.25, -0.2) is 4.98 Å². The smallest absolute Gasteiger partial charge is 0.323 e. The Morgan fingerprint density at radius 1 is 0.909 bits per heavy atom. The number of pyridine rings is 1. The van der Waals surface area contributed by atoms with Crippen LogP contribution < -0.4 is 9.47 Å². The van der Waals surface area contributed by atoms with Crippen LogP contribution in [0.25, 0.3) is 22.5 Å². The first-order valence-electron chi connectivity index (χ1n) is 10.2. The first kappa shape index (κ1) is 22.4. The number of hydrogen-bond acceptors (Lipinski definition) is 6. The third-order valence-corrected chi connectivity index (χ3v) is 6.12. The highest BCUT2D eigenvalue weighted by molar-refractivity contribution is 7.98. The van der Waals surface area contributed by atoms with Crippen LogP contribution in [0.3, 0.4) is 0 Å². The van der Waals surface area contributed by atoms with Crippen molar-refractivity contribution in [2.24, 2.45) is 0 Å². The van der Waals surface area contributed by atoms with E-state index >= 15 is 0 Å². The summed E-state index contributed by atoms with van der Waals surface area (Å²) in [5, 5.41) is 10.3. The molecule has 0 fully saturated rings. The van der Waals surface area contributed by atoms with E-state index in [2.05, 4.69) is 4.98 Å². The molecular weight excluding hydrogens is 438 g/mol. The van der Waals surface area contributed by atoms with Gasteiger partial charge in [-0.05, 0) is 66.2 Å². The topological polar surface area (TPSA) is 86.5 Å². The molecule has 4 rings (SSSR count). The Hall–Kier alpha value is -3.78. The van der Waals surface area contributed by atoms with Crippen molar-refractivity contribution < 1.29 is 19.4 Å². The lowest BCUT2D eigenvalue weighted by molar-refractivity contribution is -0.137. The van der Waals surface area contributed by atoms with Gasteiger partial charge in [0.15, 0.2) is 5.16 Å². The average Bonchev–Trinajstić information content (AvgIpc) is 3.20. The monoisotopic (exact) mass is 461 g/mol. The van der Waals surface area contributed by atoms with Crippen LogP contribution in [0.15, 0.2) is 78.2 Å². The summed E-state index contributed by atoms with van der Waals surface area (Å²) in [5.74, 6) is 1.17. The third kappa shape index (κ3) is 5.18. The number of rotatable bonds is 9. The van der Waals surface area contributed by atoms with Crippen LogP contribution in [-0.2, 0) is 17.1 Å². The minimum atomic E-state index is -0.936. The summed E-state index contributed by atoms with van der Waals surface area (Å²) < 4.78 is 12.3. The van der Waals surface area contributed by atoms with E-state index in [9.17, 15) is 9.90 Å². The summed E-state index contributed by atoms with van der Waals surface area (Å²) in [6, 6.07) is 19.0. The second-order valence-electron chi connectivity index (χ2n) is 7.17. The first-order chi connectivity index (χ1) is 16.1. The van der Waals surface area contributed by atoms with Crippen LogP contribution in [0.2, 0.25) is 0 Å². The minimum Gasteiger partial charge on any atom is -0.497 e. The number of thioether (sulfide) groups is 1. The molecule has 0 bridgehead atoms. The van der Waals surface area contributed by atoms with E-state index in [4.69, 9.17) is 14.5 Å². The van der Waals surface area contributed by atoms with Crippen molar-refractivity contribution >= 4 is 17.7 Å². The minimum absolute atomic E-state index is 0.205. The van der Waals surface area contributed by atoms with Gasteiger partial charge in [-0.1, -0.05) is 11.8 Å². The largest absolute Gasteiger partial charge is 0.497 e. The lowest BCUT2D eigenvalue weighted by Crippen LogP contribution is -2.11. The third-order valence-electron chi connectivity index (χ3n) is 5.07. The van der Waals surface area contributed by atoms with Gasteiger partial charge in [0.05, 0.1) is 25.6 Å². The molecule has 0 atom stereocenters. The van der Waals surface area contributed by atoms with Crippen LogP contribution in [-0.4, -0.2) is 39.8 Å². The number of aromatic nitrogens is 3. The Morgan fingerprint density at radius 3 is 2.03 bits per heavy atom. The molecule has 4 aromatic rings. The summed E-state index contributed by atoms with van der Waals surface area (Å²) in [6.45, 7) is -0.205. The molecule has 2 aromatic heterocycles. The number of nitrogens with zero attached hydrogens (tertiary/aromatic N) is 3. The van der Waals surface area contributed by atoms with Gasteiger partial charge in [-0.15, -0.1) is 0 Å². The maximum Gasteiger partial charge on any atom is 0.323 e. The van der Waals surface area contributed by atoms with Crippen molar-refractivity contribution in [3.8, 4) is 34.0 Å². The van der Waals surface area contributed by atoms with Gasteiger partial charge >= 0.3 is 5.97 Å². The summed E-state index contributed by atoms with van der Waals surface area (Å²) in [5.41, 5.74) is 4.25. The fourth-order valence-corrected chi connectivity index (χ4v) is 4.40. The Bertz CT molecular complexity index is 1220. The number of ether oxygens (including phenoxy) is 2. The SMILES string of the molecule is COc1ccc(-c2nc(SCc3ccncc3)n(CC(=O)O)c2-c2ccc(OC)cc2)cc1. The van der Waals surface area contributed by atoms with E-state index in [1.54, 1.807) is 31.2 Å². The number of imidazole rings is 1. The highest BCUT2D eigenvalue weighted by Crippen LogP contribution is 2.37. The van der Waals surface area contributed by atoms with E-state index in [-0.39, 0.29) is 6.54 Å². The van der Waals surface area contributed by atoms with Gasteiger partial charge < -0.3 is 19.1 Å². The van der Waals surface area contributed by atoms with E-state index in [1.807, 2.05) is 60.7 Å². The molecule has 0 saturated carbocycles. The average molecular weight is 462 g/mol. The van der Waals surface area contributed by atoms with Crippen LogP contribution in [0, 0.1) is 0 Å². The zero-order chi connectivity index (χ0) is 23.2. The number of methoxy groups -OCH3 is 2. The quantitative estimate of drug-likeness (QED) is 0.351. The maximum atomic E-state index is 11.8. The molecule has 33 heavy (non-hydrogen) atoms. The lowest BCUT2D eigenvalue weighted by Gasteiger charge is -2.12. The normalized spacial score (nSPS) is 10.7. The first-order valence-corrected chi connectivity index (χ1v) is 11.2. The van der Waals surface area contributed by atoms with E-state index < -0.39 is 5.97 Å². The molecule has 168 valence electrons. The van der Waals surface area contributed by atoms with E-state index in [0.29, 0.717) is 16.6 Å². The van der Waals surface area contributed by atoms with E-state index in [0.717, 1.165) is 33.9 Å². The van der Waals surface area contributed by atoms with Crippen molar-refractivity contribution in [3.63, 3.8) is 0 Å². The fraction of sp³-hybridized carbons (Fsp3) is 0.160. The molecule has 0 aliphatic rings. The number of carboxylic acid groups (broad SMARTS) is 1. The number of carbonyl (C=O) groups is 1. The van der Waals surface area contributed by atoms with Gasteiger partial charge in [0.2, 0.25) is 0 Å². The molecule has 7 nitrogen and oxygen atoms in total. The highest BCUT2D eigenvalue weighted by Gasteiger charge is 2.22. The molecule has 0 spiro atoms. The molecule has 1 N–H and O–H groups in total. The van der Waals surface area contributed by atoms with Crippen LogP contribution in [0.1, 0.15) is 5.56 Å². The van der Waals surface area contributed by atoms with Crippen molar-refractivity contribution in [3.05, 3.63) is 78.6 Å². The number of benzene rings is 2. The second kappa shape index (κ2) is 10.2. The molecule has 0 saturated heterocycles. The zero-order valence-corrected chi connectivity index (χ0v) is 19.1.